The fourth-order valence-corrected chi connectivity index (χ4v) is 3.63. The molecule has 3 aromatic carbocycles. The molecule has 0 amide bonds. The molecule has 0 spiro atoms. The third-order valence-electron chi connectivity index (χ3n) is 5.14. The number of ether oxygens (including phenoxy) is 2. The first kappa shape index (κ1) is 18.7. The first-order valence-corrected chi connectivity index (χ1v) is 9.41. The number of hydrogen-bond donors (Lipinski definition) is 1. The average Bonchev–Trinajstić information content (AvgIpc) is 3.17. The van der Waals surface area contributed by atoms with Crippen LogP contribution in [0, 0.1) is 0 Å². The Hall–Kier alpha value is -3.60. The molecule has 0 saturated carbocycles. The maximum Gasteiger partial charge on any atom is 0.283 e. The largest absolute Gasteiger partial charge is 0.497 e. The SMILES string of the molecule is COc1cccc(C(=O)Cc2cccc(C3(c4ccccc4)COC(N)=N3)c2)c1. The normalized spacial score (nSPS) is 18.0. The zero-order chi connectivity index (χ0) is 20.3. The maximum absolute atomic E-state index is 12.8. The van der Waals surface area contributed by atoms with Gasteiger partial charge in [-0.3, -0.25) is 4.79 Å². The fraction of sp³-hybridized carbons (Fsp3) is 0.167. The lowest BCUT2D eigenvalue weighted by atomic mass is 9.83. The number of nitrogens with zero attached hydrogens (tertiary/aromatic N) is 1. The van der Waals surface area contributed by atoms with E-state index in [2.05, 4.69) is 4.99 Å². The van der Waals surface area contributed by atoms with E-state index in [1.54, 1.807) is 19.2 Å². The van der Waals surface area contributed by atoms with Crippen molar-refractivity contribution in [3.63, 3.8) is 0 Å². The molecule has 1 unspecified atom stereocenters. The highest BCUT2D eigenvalue weighted by molar-refractivity contribution is 5.97. The summed E-state index contributed by atoms with van der Waals surface area (Å²) >= 11 is 0. The van der Waals surface area contributed by atoms with E-state index in [9.17, 15) is 4.79 Å². The van der Waals surface area contributed by atoms with Crippen molar-refractivity contribution in [2.45, 2.75) is 12.0 Å². The van der Waals surface area contributed by atoms with Gasteiger partial charge in [0, 0.05) is 12.0 Å². The van der Waals surface area contributed by atoms with E-state index in [0.717, 1.165) is 16.7 Å². The van der Waals surface area contributed by atoms with Crippen LogP contribution in [0.25, 0.3) is 0 Å². The van der Waals surface area contributed by atoms with Crippen molar-refractivity contribution < 1.29 is 14.3 Å². The number of hydrogen-bond acceptors (Lipinski definition) is 5. The molecule has 0 radical (unpaired) electrons. The molecule has 5 heteroatoms. The number of carbonyl (C=O) groups excluding carboxylic acids is 1. The number of nitrogens with two attached hydrogens (primary N) is 1. The summed E-state index contributed by atoms with van der Waals surface area (Å²) in [7, 11) is 1.59. The summed E-state index contributed by atoms with van der Waals surface area (Å²) in [6.45, 7) is 0.329. The molecule has 0 saturated heterocycles. The highest BCUT2D eigenvalue weighted by atomic mass is 16.5. The van der Waals surface area contributed by atoms with Crippen LogP contribution in [0.3, 0.4) is 0 Å². The molecule has 0 bridgehead atoms. The van der Waals surface area contributed by atoms with Crippen LogP contribution in [0.15, 0.2) is 83.9 Å². The minimum Gasteiger partial charge on any atom is -0.497 e. The maximum atomic E-state index is 12.8. The molecule has 5 nitrogen and oxygen atoms in total. The Kier molecular flexibility index (Phi) is 5.04. The minimum atomic E-state index is -0.708. The summed E-state index contributed by atoms with van der Waals surface area (Å²) in [5.41, 5.74) is 8.64. The van der Waals surface area contributed by atoms with Crippen LogP contribution in [0.1, 0.15) is 27.0 Å². The molecule has 29 heavy (non-hydrogen) atoms. The van der Waals surface area contributed by atoms with E-state index in [0.29, 0.717) is 17.9 Å². The molecule has 1 aliphatic heterocycles. The summed E-state index contributed by atoms with van der Waals surface area (Å²) < 4.78 is 10.8. The second-order valence-electron chi connectivity index (χ2n) is 7.00. The lowest BCUT2D eigenvalue weighted by molar-refractivity contribution is 0.0992. The van der Waals surface area contributed by atoms with Gasteiger partial charge in [-0.25, -0.2) is 4.99 Å². The Morgan fingerprint density at radius 2 is 1.79 bits per heavy atom. The molecule has 3 aromatic rings. The highest BCUT2D eigenvalue weighted by Gasteiger charge is 2.40. The van der Waals surface area contributed by atoms with Gasteiger partial charge in [0.1, 0.15) is 12.4 Å². The number of carbonyl (C=O) groups is 1. The van der Waals surface area contributed by atoms with E-state index >= 15 is 0 Å². The zero-order valence-corrected chi connectivity index (χ0v) is 16.2. The predicted molar refractivity (Wildman–Crippen MR) is 112 cm³/mol. The van der Waals surface area contributed by atoms with Gasteiger partial charge in [0.15, 0.2) is 11.3 Å². The first-order chi connectivity index (χ1) is 14.1. The number of methoxy groups -OCH3 is 1. The van der Waals surface area contributed by atoms with Crippen LogP contribution < -0.4 is 10.5 Å². The number of benzene rings is 3. The van der Waals surface area contributed by atoms with E-state index in [1.807, 2.05) is 66.7 Å². The molecular weight excluding hydrogens is 364 g/mol. The Morgan fingerprint density at radius 1 is 1.03 bits per heavy atom. The van der Waals surface area contributed by atoms with Gasteiger partial charge in [0.05, 0.1) is 7.11 Å². The van der Waals surface area contributed by atoms with Gasteiger partial charge in [-0.1, -0.05) is 66.7 Å². The van der Waals surface area contributed by atoms with Crippen molar-refractivity contribution in [3.8, 4) is 5.75 Å². The van der Waals surface area contributed by atoms with Gasteiger partial charge >= 0.3 is 0 Å². The molecule has 146 valence electrons. The van der Waals surface area contributed by atoms with Crippen LogP contribution in [0.5, 0.6) is 5.75 Å². The van der Waals surface area contributed by atoms with Crippen molar-refractivity contribution in [2.75, 3.05) is 13.7 Å². The lowest BCUT2D eigenvalue weighted by Crippen LogP contribution is -2.27. The molecule has 0 aromatic heterocycles. The number of ketones is 1. The quantitative estimate of drug-likeness (QED) is 0.656. The highest BCUT2D eigenvalue weighted by Crippen LogP contribution is 2.37. The zero-order valence-electron chi connectivity index (χ0n) is 16.2. The Balaban J connectivity index is 1.66. The number of rotatable bonds is 6. The van der Waals surface area contributed by atoms with E-state index in [-0.39, 0.29) is 18.2 Å². The summed E-state index contributed by atoms with van der Waals surface area (Å²) in [4.78, 5) is 17.4. The first-order valence-electron chi connectivity index (χ1n) is 9.41. The van der Waals surface area contributed by atoms with Gasteiger partial charge in [-0.05, 0) is 28.8 Å². The van der Waals surface area contributed by atoms with Crippen LogP contribution in [0.4, 0.5) is 0 Å². The number of Topliss-reactive ketones (excluding diaryl/α,β-unsaturated/α-hetero) is 1. The average molecular weight is 386 g/mol. The van der Waals surface area contributed by atoms with Gasteiger partial charge in [0.25, 0.3) is 6.02 Å². The summed E-state index contributed by atoms with van der Waals surface area (Å²) in [5, 5.41) is 0. The van der Waals surface area contributed by atoms with Gasteiger partial charge in [-0.15, -0.1) is 0 Å². The summed E-state index contributed by atoms with van der Waals surface area (Å²) in [6.07, 6.45) is 0.284. The fourth-order valence-electron chi connectivity index (χ4n) is 3.63. The third-order valence-corrected chi connectivity index (χ3v) is 5.14. The smallest absolute Gasteiger partial charge is 0.283 e. The van der Waals surface area contributed by atoms with Crippen molar-refractivity contribution in [2.24, 2.45) is 10.7 Å². The summed E-state index contributed by atoms with van der Waals surface area (Å²) in [5.74, 6) is 0.695. The van der Waals surface area contributed by atoms with Crippen LogP contribution in [0.2, 0.25) is 0 Å². The molecule has 1 aliphatic rings. The second kappa shape index (κ2) is 7.80. The number of aliphatic imine (C=N–C) groups is 1. The summed E-state index contributed by atoms with van der Waals surface area (Å²) in [6, 6.07) is 25.2. The molecule has 2 N–H and O–H groups in total. The molecule has 0 fully saturated rings. The van der Waals surface area contributed by atoms with Gasteiger partial charge in [0.2, 0.25) is 0 Å². The molecule has 1 heterocycles. The standard InChI is InChI=1S/C24H22N2O3/c1-28-21-12-6-8-18(15-21)22(27)14-17-7-5-11-20(13-17)24(16-29-23(25)26-24)19-9-3-2-4-10-19/h2-13,15H,14,16H2,1H3,(H2,25,26). The molecular formula is C24H22N2O3. The van der Waals surface area contributed by atoms with Gasteiger partial charge < -0.3 is 15.2 Å². The monoisotopic (exact) mass is 386 g/mol. The van der Waals surface area contributed by atoms with Crippen LogP contribution in [-0.2, 0) is 16.7 Å². The predicted octanol–water partition coefficient (Wildman–Crippen LogP) is 3.71. The van der Waals surface area contributed by atoms with Crippen molar-refractivity contribution in [1.29, 1.82) is 0 Å². The Morgan fingerprint density at radius 3 is 2.52 bits per heavy atom. The topological polar surface area (TPSA) is 73.9 Å². The van der Waals surface area contributed by atoms with E-state index < -0.39 is 5.54 Å². The Labute approximate surface area is 169 Å². The van der Waals surface area contributed by atoms with Gasteiger partial charge in [-0.2, -0.15) is 0 Å². The third kappa shape index (κ3) is 3.72. The van der Waals surface area contributed by atoms with E-state index in [1.165, 1.54) is 0 Å². The van der Waals surface area contributed by atoms with Crippen molar-refractivity contribution in [3.05, 3.63) is 101 Å². The molecule has 4 rings (SSSR count). The van der Waals surface area contributed by atoms with E-state index in [4.69, 9.17) is 15.2 Å². The Bertz CT molecular complexity index is 1060. The molecule has 1 atom stereocenters. The minimum absolute atomic E-state index is 0.0282. The lowest BCUT2D eigenvalue weighted by Gasteiger charge is -2.25. The number of amidine groups is 1. The second-order valence-corrected chi connectivity index (χ2v) is 7.00. The molecule has 0 aliphatic carbocycles. The van der Waals surface area contributed by atoms with Crippen LogP contribution >= 0.6 is 0 Å². The van der Waals surface area contributed by atoms with Crippen molar-refractivity contribution in [1.82, 2.24) is 0 Å². The van der Waals surface area contributed by atoms with Crippen molar-refractivity contribution >= 4 is 11.8 Å². The van der Waals surface area contributed by atoms with Crippen LogP contribution in [-0.4, -0.2) is 25.5 Å².